The van der Waals surface area contributed by atoms with E-state index < -0.39 is 41.9 Å². The topological polar surface area (TPSA) is 135 Å². The molecule has 0 aromatic heterocycles. The lowest BCUT2D eigenvalue weighted by atomic mass is 9.88. The van der Waals surface area contributed by atoms with Crippen LogP contribution in [0.4, 0.5) is 4.79 Å². The maximum atomic E-state index is 13.5. The fraction of sp³-hybridized carbons (Fsp3) is 0.791. The monoisotopic (exact) mass is 746 g/mol. The number of aliphatic hydroxyl groups is 2. The molecule has 3 heterocycles. The van der Waals surface area contributed by atoms with Crippen LogP contribution in [-0.4, -0.2) is 88.5 Å². The number of aliphatic hydroxyl groups excluding tert-OH is 1. The first kappa shape index (κ1) is 44.7. The van der Waals surface area contributed by atoms with E-state index >= 15 is 0 Å². The maximum absolute atomic E-state index is 13.5. The number of hydrogen-bond donors (Lipinski definition) is 2. The number of hydrogen-bond acceptors (Lipinski definition) is 9. The number of cyclic esters (lactones) is 1. The van der Waals surface area contributed by atoms with Gasteiger partial charge in [-0.15, -0.1) is 0 Å². The molecule has 10 atom stereocenters. The summed E-state index contributed by atoms with van der Waals surface area (Å²) in [7, 11) is 0. The van der Waals surface area contributed by atoms with E-state index in [-0.39, 0.29) is 55.3 Å². The third kappa shape index (κ3) is 15.2. The van der Waals surface area contributed by atoms with Crippen LogP contribution in [0.15, 0.2) is 36.0 Å². The first-order valence-corrected chi connectivity index (χ1v) is 20.6. The Morgan fingerprint density at radius 2 is 1.75 bits per heavy atom. The van der Waals surface area contributed by atoms with Gasteiger partial charge >= 0.3 is 18.0 Å². The van der Waals surface area contributed by atoms with Gasteiger partial charge in [0.1, 0.15) is 23.9 Å². The molecule has 0 saturated carbocycles. The van der Waals surface area contributed by atoms with Crippen molar-refractivity contribution in [2.75, 3.05) is 13.1 Å². The van der Waals surface area contributed by atoms with E-state index in [1.807, 2.05) is 45.9 Å². The van der Waals surface area contributed by atoms with Crippen LogP contribution in [0, 0.1) is 23.7 Å². The zero-order valence-corrected chi connectivity index (χ0v) is 34.0. The lowest BCUT2D eigenvalue weighted by Crippen LogP contribution is -2.44. The molecule has 3 rings (SSSR count). The molecular weight excluding hydrogens is 674 g/mol. The third-order valence-corrected chi connectivity index (χ3v) is 11.5. The molecule has 0 radical (unpaired) electrons. The summed E-state index contributed by atoms with van der Waals surface area (Å²) in [5, 5.41) is 21.7. The molecule has 10 heteroatoms. The number of allylic oxidation sites excluding steroid dienone is 3. The highest BCUT2D eigenvalue weighted by Gasteiger charge is 2.45. The van der Waals surface area contributed by atoms with E-state index in [9.17, 15) is 24.6 Å². The van der Waals surface area contributed by atoms with Gasteiger partial charge in [0.05, 0.1) is 24.7 Å². The lowest BCUT2D eigenvalue weighted by Gasteiger charge is -2.34. The zero-order valence-electron chi connectivity index (χ0n) is 34.0. The van der Waals surface area contributed by atoms with Crippen molar-refractivity contribution in [1.82, 2.24) is 4.90 Å². The summed E-state index contributed by atoms with van der Waals surface area (Å²) < 4.78 is 23.5. The van der Waals surface area contributed by atoms with Gasteiger partial charge in [-0.1, -0.05) is 97.4 Å². The lowest BCUT2D eigenvalue weighted by molar-refractivity contribution is -0.157. The second-order valence-electron chi connectivity index (χ2n) is 16.4. The average Bonchev–Trinajstić information content (AvgIpc) is 3.88. The summed E-state index contributed by atoms with van der Waals surface area (Å²) in [6.45, 7) is 16.3. The predicted molar refractivity (Wildman–Crippen MR) is 207 cm³/mol. The number of amides is 1. The van der Waals surface area contributed by atoms with Gasteiger partial charge in [0.25, 0.3) is 0 Å². The van der Waals surface area contributed by atoms with Crippen LogP contribution in [-0.2, 0) is 28.5 Å². The normalized spacial score (nSPS) is 31.5. The molecule has 10 nitrogen and oxygen atoms in total. The van der Waals surface area contributed by atoms with Crippen LogP contribution >= 0.6 is 0 Å². The average molecular weight is 746 g/mol. The largest absolute Gasteiger partial charge is 0.457 e. The summed E-state index contributed by atoms with van der Waals surface area (Å²) in [5.41, 5.74) is -0.657. The smallest absolute Gasteiger partial charge is 0.410 e. The van der Waals surface area contributed by atoms with Crippen LogP contribution < -0.4 is 0 Å². The highest BCUT2D eigenvalue weighted by molar-refractivity contribution is 5.72. The minimum Gasteiger partial charge on any atom is -0.457 e. The Hall–Kier alpha value is -2.69. The first-order chi connectivity index (χ1) is 25.1. The van der Waals surface area contributed by atoms with Gasteiger partial charge in [-0.2, -0.15) is 0 Å². The fourth-order valence-electron chi connectivity index (χ4n) is 7.71. The Labute approximate surface area is 319 Å². The first-order valence-electron chi connectivity index (χ1n) is 20.6. The summed E-state index contributed by atoms with van der Waals surface area (Å²) in [6, 6.07) is 0. The highest BCUT2D eigenvalue weighted by Crippen LogP contribution is 2.36. The molecule has 1 amide bonds. The van der Waals surface area contributed by atoms with E-state index in [2.05, 4.69) is 19.9 Å². The molecule has 2 saturated heterocycles. The number of epoxide rings is 1. The van der Waals surface area contributed by atoms with Gasteiger partial charge in [-0.3, -0.25) is 9.59 Å². The third-order valence-electron chi connectivity index (χ3n) is 11.5. The van der Waals surface area contributed by atoms with Crippen molar-refractivity contribution in [2.24, 2.45) is 23.7 Å². The van der Waals surface area contributed by atoms with Crippen molar-refractivity contribution in [3.63, 3.8) is 0 Å². The quantitative estimate of drug-likeness (QED) is 0.0400. The van der Waals surface area contributed by atoms with Crippen LogP contribution in [0.5, 0.6) is 0 Å². The highest BCUT2D eigenvalue weighted by atomic mass is 16.6. The van der Waals surface area contributed by atoms with Crippen LogP contribution in [0.25, 0.3) is 0 Å². The molecule has 3 aliphatic rings. The summed E-state index contributed by atoms with van der Waals surface area (Å²) in [4.78, 5) is 40.7. The van der Waals surface area contributed by atoms with Crippen LogP contribution in [0.3, 0.4) is 0 Å². The second-order valence-corrected chi connectivity index (χ2v) is 16.4. The molecule has 0 aliphatic carbocycles. The standard InChI is InChI=1S/C43H71NO9/c1-9-11-12-13-14-18-34-22-25-44(26-23-34)42(48)51-35-21-24-43(8,49)38(50-33(7)45)20-19-31(5)40(53-39(47)28-35)30(4)17-15-16-29(3)27-37-41(52-37)32(6)36(46)10-2/h15-17,19-20,29,31-32,34-38,40-41,46,49H,9-14,18,21-28H2,1-8H3/b16-15+,20-19+,30-17+. The van der Waals surface area contributed by atoms with Crippen molar-refractivity contribution >= 4 is 18.0 Å². The molecule has 0 aromatic carbocycles. The summed E-state index contributed by atoms with van der Waals surface area (Å²) in [5.74, 6) is -0.384. The fourth-order valence-corrected chi connectivity index (χ4v) is 7.71. The minimum atomic E-state index is -1.47. The number of esters is 2. The summed E-state index contributed by atoms with van der Waals surface area (Å²) in [6.07, 6.45) is 17.5. The van der Waals surface area contributed by atoms with Crippen molar-refractivity contribution < 1.29 is 43.5 Å². The minimum absolute atomic E-state index is 0.0862. The molecule has 2 N–H and O–H groups in total. The van der Waals surface area contributed by atoms with Gasteiger partial charge in [-0.05, 0) is 75.9 Å². The Balaban J connectivity index is 1.69. The molecule has 0 aromatic rings. The number of rotatable bonds is 16. The van der Waals surface area contributed by atoms with E-state index in [4.69, 9.17) is 18.9 Å². The van der Waals surface area contributed by atoms with E-state index in [0.717, 1.165) is 24.8 Å². The Morgan fingerprint density at radius 1 is 1.06 bits per heavy atom. The molecule has 10 unspecified atom stereocenters. The molecule has 53 heavy (non-hydrogen) atoms. The Kier molecular flexibility index (Phi) is 18.6. The maximum Gasteiger partial charge on any atom is 0.410 e. The van der Waals surface area contributed by atoms with E-state index in [0.29, 0.717) is 25.4 Å². The van der Waals surface area contributed by atoms with Crippen molar-refractivity contribution in [3.8, 4) is 0 Å². The number of carbonyl (C=O) groups is 3. The van der Waals surface area contributed by atoms with Gasteiger partial charge in [-0.25, -0.2) is 4.79 Å². The number of piperidine rings is 1. The molecule has 302 valence electrons. The summed E-state index contributed by atoms with van der Waals surface area (Å²) >= 11 is 0. The molecular formula is C43H71NO9. The molecule has 0 spiro atoms. The van der Waals surface area contributed by atoms with E-state index in [1.165, 1.54) is 45.4 Å². The number of unbranched alkanes of at least 4 members (excludes halogenated alkanes) is 4. The molecule has 2 fully saturated rings. The van der Waals surface area contributed by atoms with Crippen molar-refractivity contribution in [1.29, 1.82) is 0 Å². The van der Waals surface area contributed by atoms with Gasteiger partial charge in [0.15, 0.2) is 0 Å². The van der Waals surface area contributed by atoms with Crippen molar-refractivity contribution in [2.45, 2.75) is 181 Å². The Morgan fingerprint density at radius 3 is 2.42 bits per heavy atom. The molecule has 3 aliphatic heterocycles. The number of carbonyl (C=O) groups excluding carboxylic acids is 3. The van der Waals surface area contributed by atoms with Crippen LogP contribution in [0.2, 0.25) is 0 Å². The van der Waals surface area contributed by atoms with Gasteiger partial charge in [0, 0.05) is 31.8 Å². The molecule has 0 bridgehead atoms. The number of nitrogens with zero attached hydrogens (tertiary/aromatic N) is 1. The number of ether oxygens (including phenoxy) is 4. The van der Waals surface area contributed by atoms with Gasteiger partial charge in [0.2, 0.25) is 0 Å². The van der Waals surface area contributed by atoms with Crippen molar-refractivity contribution in [3.05, 3.63) is 36.0 Å². The SMILES string of the molecule is CCCCCCCC1CCN(C(=O)OC2CCC(C)(O)C(OC(C)=O)/C=C/C(C)C(/C(C)=C/C=C/C(C)CC3OC3C(C)C(O)CC)OC(=O)C2)CC1. The Bertz CT molecular complexity index is 1240. The zero-order chi connectivity index (χ0) is 39.1. The van der Waals surface area contributed by atoms with Crippen LogP contribution in [0.1, 0.15) is 139 Å². The second kappa shape index (κ2) is 22.0. The predicted octanol–water partition coefficient (Wildman–Crippen LogP) is 8.24. The van der Waals surface area contributed by atoms with Gasteiger partial charge < -0.3 is 34.1 Å². The van der Waals surface area contributed by atoms with E-state index in [1.54, 1.807) is 17.9 Å². The number of likely N-dealkylation sites (tertiary alicyclic amines) is 1.